The molecule has 0 spiro atoms. The molecule has 0 heterocycles. The number of hydrogen-bond acceptors (Lipinski definition) is 2. The lowest BCUT2D eigenvalue weighted by molar-refractivity contribution is 0.164. The topological polar surface area (TPSA) is 32.3 Å². The van der Waals surface area contributed by atoms with E-state index < -0.39 is 0 Å². The standard InChI is InChI=1S/C19H25NO/c1-4-17(21)13-20-19(16-8-6-5-7-9-16)18-12-14(2)10-11-15(18)3/h5-12,17,19-21H,4,13H2,1-3H3. The Morgan fingerprint density at radius 3 is 2.43 bits per heavy atom. The van der Waals surface area contributed by atoms with Crippen LogP contribution < -0.4 is 5.32 Å². The van der Waals surface area contributed by atoms with Crippen LogP contribution >= 0.6 is 0 Å². The normalized spacial score (nSPS) is 13.9. The molecule has 2 N–H and O–H groups in total. The Labute approximate surface area is 127 Å². The molecular weight excluding hydrogens is 258 g/mol. The van der Waals surface area contributed by atoms with Crippen LogP contribution in [0.3, 0.4) is 0 Å². The highest BCUT2D eigenvalue weighted by atomic mass is 16.3. The minimum Gasteiger partial charge on any atom is -0.392 e. The van der Waals surface area contributed by atoms with Gasteiger partial charge in [0.25, 0.3) is 0 Å². The van der Waals surface area contributed by atoms with Crippen LogP contribution in [0, 0.1) is 13.8 Å². The Morgan fingerprint density at radius 2 is 1.76 bits per heavy atom. The molecule has 2 unspecified atom stereocenters. The first-order chi connectivity index (χ1) is 10.1. The smallest absolute Gasteiger partial charge is 0.0662 e. The molecule has 21 heavy (non-hydrogen) atoms. The summed E-state index contributed by atoms with van der Waals surface area (Å²) in [6.45, 7) is 6.86. The van der Waals surface area contributed by atoms with Gasteiger partial charge in [-0.05, 0) is 37.0 Å². The number of hydrogen-bond donors (Lipinski definition) is 2. The second-order valence-corrected chi connectivity index (χ2v) is 5.67. The molecule has 2 nitrogen and oxygen atoms in total. The Morgan fingerprint density at radius 1 is 1.05 bits per heavy atom. The number of nitrogens with one attached hydrogen (secondary N) is 1. The largest absolute Gasteiger partial charge is 0.392 e. The molecular formula is C19H25NO. The van der Waals surface area contributed by atoms with Crippen molar-refractivity contribution in [3.63, 3.8) is 0 Å². The molecule has 112 valence electrons. The molecule has 0 saturated heterocycles. The third kappa shape index (κ3) is 4.16. The lowest BCUT2D eigenvalue weighted by Gasteiger charge is -2.23. The fraction of sp³-hybridized carbons (Fsp3) is 0.368. The summed E-state index contributed by atoms with van der Waals surface area (Å²) >= 11 is 0. The molecule has 0 bridgehead atoms. The minimum absolute atomic E-state index is 0.118. The highest BCUT2D eigenvalue weighted by Crippen LogP contribution is 2.25. The first kappa shape index (κ1) is 15.7. The molecule has 2 heteroatoms. The molecule has 0 saturated carbocycles. The zero-order valence-electron chi connectivity index (χ0n) is 13.1. The van der Waals surface area contributed by atoms with E-state index in [0.717, 1.165) is 6.42 Å². The van der Waals surface area contributed by atoms with Crippen LogP contribution in [0.2, 0.25) is 0 Å². The van der Waals surface area contributed by atoms with E-state index in [1.807, 2.05) is 13.0 Å². The van der Waals surface area contributed by atoms with Gasteiger partial charge in [-0.3, -0.25) is 0 Å². The van der Waals surface area contributed by atoms with Crippen molar-refractivity contribution < 1.29 is 5.11 Å². The average Bonchev–Trinajstić information content (AvgIpc) is 2.51. The maximum absolute atomic E-state index is 9.86. The summed E-state index contributed by atoms with van der Waals surface area (Å²) < 4.78 is 0. The highest BCUT2D eigenvalue weighted by molar-refractivity contribution is 5.39. The van der Waals surface area contributed by atoms with Crippen molar-refractivity contribution in [2.24, 2.45) is 0 Å². The van der Waals surface area contributed by atoms with E-state index >= 15 is 0 Å². The number of aryl methyl sites for hydroxylation is 2. The second-order valence-electron chi connectivity index (χ2n) is 5.67. The van der Waals surface area contributed by atoms with E-state index in [2.05, 4.69) is 61.6 Å². The number of aliphatic hydroxyl groups excluding tert-OH is 1. The molecule has 0 aliphatic carbocycles. The van der Waals surface area contributed by atoms with Crippen molar-refractivity contribution in [2.45, 2.75) is 39.3 Å². The van der Waals surface area contributed by atoms with Gasteiger partial charge in [0, 0.05) is 6.54 Å². The third-order valence-corrected chi connectivity index (χ3v) is 3.91. The monoisotopic (exact) mass is 283 g/mol. The summed E-state index contributed by atoms with van der Waals surface area (Å²) in [4.78, 5) is 0. The van der Waals surface area contributed by atoms with Gasteiger partial charge >= 0.3 is 0 Å². The number of benzene rings is 2. The molecule has 2 aromatic rings. The molecule has 0 fully saturated rings. The first-order valence-corrected chi connectivity index (χ1v) is 7.65. The maximum atomic E-state index is 9.86. The average molecular weight is 283 g/mol. The van der Waals surface area contributed by atoms with E-state index in [-0.39, 0.29) is 12.1 Å². The van der Waals surface area contributed by atoms with Crippen LogP contribution in [0.5, 0.6) is 0 Å². The van der Waals surface area contributed by atoms with Crippen molar-refractivity contribution in [1.82, 2.24) is 5.32 Å². The zero-order valence-corrected chi connectivity index (χ0v) is 13.1. The van der Waals surface area contributed by atoms with Gasteiger partial charge in [0.05, 0.1) is 12.1 Å². The molecule has 0 aliphatic rings. The van der Waals surface area contributed by atoms with Crippen LogP contribution in [0.15, 0.2) is 48.5 Å². The van der Waals surface area contributed by atoms with E-state index in [9.17, 15) is 5.11 Å². The number of aliphatic hydroxyl groups is 1. The van der Waals surface area contributed by atoms with E-state index in [0.29, 0.717) is 6.54 Å². The van der Waals surface area contributed by atoms with Gasteiger partial charge in [-0.2, -0.15) is 0 Å². The predicted molar refractivity (Wildman–Crippen MR) is 88.5 cm³/mol. The lowest BCUT2D eigenvalue weighted by Crippen LogP contribution is -2.31. The van der Waals surface area contributed by atoms with Crippen LogP contribution in [0.4, 0.5) is 0 Å². The predicted octanol–water partition coefficient (Wildman–Crippen LogP) is 3.75. The van der Waals surface area contributed by atoms with Gasteiger partial charge < -0.3 is 10.4 Å². The van der Waals surface area contributed by atoms with Crippen LogP contribution in [-0.2, 0) is 0 Å². The SMILES string of the molecule is CCC(O)CNC(c1ccccc1)c1cc(C)ccc1C. The minimum atomic E-state index is -0.304. The van der Waals surface area contributed by atoms with Gasteiger partial charge in [-0.15, -0.1) is 0 Å². The van der Waals surface area contributed by atoms with Crippen molar-refractivity contribution in [2.75, 3.05) is 6.54 Å². The zero-order chi connectivity index (χ0) is 15.2. The fourth-order valence-electron chi connectivity index (χ4n) is 2.52. The van der Waals surface area contributed by atoms with E-state index in [4.69, 9.17) is 0 Å². The summed E-state index contributed by atoms with van der Waals surface area (Å²) in [5.41, 5.74) is 5.04. The van der Waals surface area contributed by atoms with Gasteiger partial charge in [-0.1, -0.05) is 61.0 Å². The quantitative estimate of drug-likeness (QED) is 0.846. The molecule has 0 aliphatic heterocycles. The third-order valence-electron chi connectivity index (χ3n) is 3.91. The first-order valence-electron chi connectivity index (χ1n) is 7.65. The van der Waals surface area contributed by atoms with Crippen LogP contribution in [0.1, 0.15) is 41.6 Å². The van der Waals surface area contributed by atoms with E-state index in [1.165, 1.54) is 22.3 Å². The van der Waals surface area contributed by atoms with E-state index in [1.54, 1.807) is 0 Å². The Bertz CT molecular complexity index is 565. The Balaban J connectivity index is 2.33. The molecule has 2 atom stereocenters. The maximum Gasteiger partial charge on any atom is 0.0662 e. The Hall–Kier alpha value is -1.64. The number of rotatable bonds is 6. The van der Waals surface area contributed by atoms with Crippen molar-refractivity contribution >= 4 is 0 Å². The van der Waals surface area contributed by atoms with Gasteiger partial charge in [-0.25, -0.2) is 0 Å². The second kappa shape index (κ2) is 7.39. The van der Waals surface area contributed by atoms with Crippen LogP contribution in [-0.4, -0.2) is 17.8 Å². The summed E-state index contributed by atoms with van der Waals surface area (Å²) in [5.74, 6) is 0. The molecule has 0 radical (unpaired) electrons. The summed E-state index contributed by atoms with van der Waals surface area (Å²) in [6, 6.07) is 17.1. The summed E-state index contributed by atoms with van der Waals surface area (Å²) in [7, 11) is 0. The van der Waals surface area contributed by atoms with Gasteiger partial charge in [0.2, 0.25) is 0 Å². The molecule has 2 rings (SSSR count). The van der Waals surface area contributed by atoms with Crippen molar-refractivity contribution in [3.8, 4) is 0 Å². The van der Waals surface area contributed by atoms with Crippen molar-refractivity contribution in [3.05, 3.63) is 70.8 Å². The molecule has 0 amide bonds. The van der Waals surface area contributed by atoms with Crippen LogP contribution in [0.25, 0.3) is 0 Å². The molecule has 2 aromatic carbocycles. The van der Waals surface area contributed by atoms with Gasteiger partial charge in [0.15, 0.2) is 0 Å². The lowest BCUT2D eigenvalue weighted by atomic mass is 9.93. The fourth-order valence-corrected chi connectivity index (χ4v) is 2.52. The highest BCUT2D eigenvalue weighted by Gasteiger charge is 2.16. The Kier molecular flexibility index (Phi) is 5.54. The summed E-state index contributed by atoms with van der Waals surface area (Å²) in [6.07, 6.45) is 0.461. The molecule has 0 aromatic heterocycles. The van der Waals surface area contributed by atoms with Gasteiger partial charge in [0.1, 0.15) is 0 Å². The van der Waals surface area contributed by atoms with Crippen molar-refractivity contribution in [1.29, 1.82) is 0 Å². The summed E-state index contributed by atoms with van der Waals surface area (Å²) in [5, 5.41) is 13.4.